The van der Waals surface area contributed by atoms with Gasteiger partial charge < -0.3 is 10.2 Å². The molecule has 1 saturated carbocycles. The Morgan fingerprint density at radius 1 is 1.23 bits per heavy atom. The van der Waals surface area contributed by atoms with E-state index < -0.39 is 4.92 Å². The van der Waals surface area contributed by atoms with Gasteiger partial charge in [0.1, 0.15) is 11.5 Å². The highest BCUT2D eigenvalue weighted by Gasteiger charge is 2.32. The minimum absolute atomic E-state index is 0.0150. The van der Waals surface area contributed by atoms with Gasteiger partial charge in [-0.3, -0.25) is 14.9 Å². The number of rotatable bonds is 8. The minimum Gasteiger partial charge on any atom is -0.379 e. The quantitative estimate of drug-likeness (QED) is 0.577. The first-order valence-corrected chi connectivity index (χ1v) is 8.56. The smallest absolute Gasteiger partial charge is 0.292 e. The van der Waals surface area contributed by atoms with Gasteiger partial charge in [0.15, 0.2) is 0 Å². The van der Waals surface area contributed by atoms with Crippen molar-refractivity contribution in [3.63, 3.8) is 0 Å². The van der Waals surface area contributed by atoms with Crippen LogP contribution in [0.2, 0.25) is 0 Å². The summed E-state index contributed by atoms with van der Waals surface area (Å²) in [5.74, 6) is -0.355. The van der Waals surface area contributed by atoms with E-state index in [1.165, 1.54) is 18.2 Å². The van der Waals surface area contributed by atoms with Crippen LogP contribution in [-0.4, -0.2) is 28.3 Å². The molecule has 1 aliphatic carbocycles. The molecular weight excluding hydrogens is 337 g/mol. The third-order valence-electron chi connectivity index (χ3n) is 4.31. The normalized spacial score (nSPS) is 13.3. The average Bonchev–Trinajstić information content (AvgIpc) is 3.45. The summed E-state index contributed by atoms with van der Waals surface area (Å²) in [7, 11) is 0. The van der Waals surface area contributed by atoms with Crippen LogP contribution in [0.5, 0.6) is 0 Å². The lowest BCUT2D eigenvalue weighted by Gasteiger charge is -2.23. The van der Waals surface area contributed by atoms with E-state index in [2.05, 4.69) is 5.32 Å². The topological polar surface area (TPSA) is 75.5 Å². The second-order valence-electron chi connectivity index (χ2n) is 6.33. The van der Waals surface area contributed by atoms with E-state index in [0.717, 1.165) is 18.4 Å². The minimum atomic E-state index is -0.454. The van der Waals surface area contributed by atoms with Crippen LogP contribution in [0.4, 0.5) is 15.8 Å². The summed E-state index contributed by atoms with van der Waals surface area (Å²) in [5, 5.41) is 14.0. The zero-order chi connectivity index (χ0) is 18.5. The number of carbonyl (C=O) groups is 1. The first kappa shape index (κ1) is 17.8. The highest BCUT2D eigenvalue weighted by atomic mass is 19.1. The number of halogens is 1. The molecule has 0 heterocycles. The molecule has 0 bridgehead atoms. The Kier molecular flexibility index (Phi) is 5.46. The second-order valence-corrected chi connectivity index (χ2v) is 6.33. The lowest BCUT2D eigenvalue weighted by molar-refractivity contribution is -0.384. The fourth-order valence-electron chi connectivity index (χ4n) is 2.87. The zero-order valence-corrected chi connectivity index (χ0v) is 14.2. The number of para-hydroxylation sites is 2. The van der Waals surface area contributed by atoms with Crippen LogP contribution in [-0.2, 0) is 11.3 Å². The van der Waals surface area contributed by atoms with Gasteiger partial charge in [-0.25, -0.2) is 4.39 Å². The molecular formula is C19H20FN3O3. The number of anilines is 1. The first-order valence-electron chi connectivity index (χ1n) is 8.56. The number of hydrogen-bond acceptors (Lipinski definition) is 4. The lowest BCUT2D eigenvalue weighted by atomic mass is 10.2. The average molecular weight is 357 g/mol. The number of nitro groups is 1. The van der Waals surface area contributed by atoms with Crippen LogP contribution in [0.15, 0.2) is 48.5 Å². The number of carbonyl (C=O) groups excluding carboxylic acids is 1. The maximum Gasteiger partial charge on any atom is 0.292 e. The summed E-state index contributed by atoms with van der Waals surface area (Å²) in [6, 6.07) is 12.8. The van der Waals surface area contributed by atoms with Gasteiger partial charge >= 0.3 is 0 Å². The van der Waals surface area contributed by atoms with E-state index in [1.54, 1.807) is 35.2 Å². The highest BCUT2D eigenvalue weighted by Crippen LogP contribution is 2.29. The Labute approximate surface area is 150 Å². The number of hydrogen-bond donors (Lipinski definition) is 1. The number of benzene rings is 2. The number of amides is 1. The van der Waals surface area contributed by atoms with Crippen LogP contribution in [0.3, 0.4) is 0 Å². The van der Waals surface area contributed by atoms with Crippen LogP contribution in [0.1, 0.15) is 24.8 Å². The van der Waals surface area contributed by atoms with Crippen LogP contribution >= 0.6 is 0 Å². The Bertz CT molecular complexity index is 808. The van der Waals surface area contributed by atoms with Gasteiger partial charge in [0.05, 0.1) is 4.92 Å². The molecule has 6 nitrogen and oxygen atoms in total. The van der Waals surface area contributed by atoms with E-state index in [0.29, 0.717) is 18.8 Å². The molecule has 0 unspecified atom stereocenters. The third-order valence-corrected chi connectivity index (χ3v) is 4.31. The molecule has 2 aromatic rings. The Morgan fingerprint density at radius 3 is 2.69 bits per heavy atom. The van der Waals surface area contributed by atoms with Crippen molar-refractivity contribution in [2.45, 2.75) is 31.8 Å². The molecule has 0 radical (unpaired) electrons. The molecule has 2 aromatic carbocycles. The Balaban J connectivity index is 1.58. The van der Waals surface area contributed by atoms with Crippen LogP contribution in [0, 0.1) is 15.9 Å². The van der Waals surface area contributed by atoms with Crippen molar-refractivity contribution in [2.75, 3.05) is 11.9 Å². The third kappa shape index (κ3) is 4.56. The second kappa shape index (κ2) is 7.95. The predicted molar refractivity (Wildman–Crippen MR) is 96.2 cm³/mol. The van der Waals surface area contributed by atoms with Gasteiger partial charge in [0.2, 0.25) is 5.91 Å². The monoisotopic (exact) mass is 357 g/mol. The van der Waals surface area contributed by atoms with Gasteiger partial charge in [-0.15, -0.1) is 0 Å². The van der Waals surface area contributed by atoms with Gasteiger partial charge in [0.25, 0.3) is 5.69 Å². The summed E-state index contributed by atoms with van der Waals surface area (Å²) < 4.78 is 13.4. The molecule has 7 heteroatoms. The van der Waals surface area contributed by atoms with E-state index in [1.807, 2.05) is 0 Å². The molecule has 0 aromatic heterocycles. The molecule has 1 N–H and O–H groups in total. The maximum absolute atomic E-state index is 13.4. The summed E-state index contributed by atoms with van der Waals surface area (Å²) in [6.45, 7) is 0.683. The maximum atomic E-state index is 13.4. The van der Waals surface area contributed by atoms with Crippen molar-refractivity contribution in [3.05, 3.63) is 70.0 Å². The van der Waals surface area contributed by atoms with Crippen molar-refractivity contribution in [2.24, 2.45) is 0 Å². The van der Waals surface area contributed by atoms with Crippen LogP contribution < -0.4 is 5.32 Å². The molecule has 1 aliphatic rings. The molecule has 0 spiro atoms. The lowest BCUT2D eigenvalue weighted by Crippen LogP contribution is -2.33. The molecule has 136 valence electrons. The first-order chi connectivity index (χ1) is 12.5. The molecule has 1 amide bonds. The van der Waals surface area contributed by atoms with Crippen molar-refractivity contribution in [3.8, 4) is 0 Å². The molecule has 0 aliphatic heterocycles. The summed E-state index contributed by atoms with van der Waals surface area (Å²) >= 11 is 0. The number of nitrogens with zero attached hydrogens (tertiary/aromatic N) is 2. The Hall–Kier alpha value is -2.96. The standard InChI is InChI=1S/C19H20FN3O3/c20-15-5-3-4-14(12-15)13-22(16-8-9-16)19(24)10-11-21-17-6-1-2-7-18(17)23(25)26/h1-7,12,16,21H,8-11,13H2. The fourth-order valence-corrected chi connectivity index (χ4v) is 2.87. The van der Waals surface area contributed by atoms with Crippen molar-refractivity contribution < 1.29 is 14.1 Å². The summed E-state index contributed by atoms with van der Waals surface area (Å²) in [6.07, 6.45) is 2.13. The van der Waals surface area contributed by atoms with Gasteiger partial charge in [0, 0.05) is 31.6 Å². The van der Waals surface area contributed by atoms with Gasteiger partial charge in [-0.2, -0.15) is 0 Å². The van der Waals surface area contributed by atoms with E-state index in [9.17, 15) is 19.3 Å². The summed E-state index contributed by atoms with van der Waals surface area (Å²) in [5.41, 5.74) is 1.14. The molecule has 1 fully saturated rings. The zero-order valence-electron chi connectivity index (χ0n) is 14.2. The molecule has 26 heavy (non-hydrogen) atoms. The molecule has 0 atom stereocenters. The number of nitrogens with one attached hydrogen (secondary N) is 1. The SMILES string of the molecule is O=C(CCNc1ccccc1[N+](=O)[O-])N(Cc1cccc(F)c1)C1CC1. The van der Waals surface area contributed by atoms with Crippen LogP contribution in [0.25, 0.3) is 0 Å². The fraction of sp³-hybridized carbons (Fsp3) is 0.316. The summed E-state index contributed by atoms with van der Waals surface area (Å²) in [4.78, 5) is 24.9. The molecule has 3 rings (SSSR count). The largest absolute Gasteiger partial charge is 0.379 e. The highest BCUT2D eigenvalue weighted by molar-refractivity contribution is 5.77. The molecule has 0 saturated heterocycles. The predicted octanol–water partition coefficient (Wildman–Crippen LogP) is 3.73. The Morgan fingerprint density at radius 2 is 2.00 bits per heavy atom. The van der Waals surface area contributed by atoms with Crippen molar-refractivity contribution in [1.82, 2.24) is 4.90 Å². The van der Waals surface area contributed by atoms with Crippen molar-refractivity contribution >= 4 is 17.3 Å². The van der Waals surface area contributed by atoms with E-state index >= 15 is 0 Å². The van der Waals surface area contributed by atoms with Crippen molar-refractivity contribution in [1.29, 1.82) is 0 Å². The van der Waals surface area contributed by atoms with Gasteiger partial charge in [-0.1, -0.05) is 24.3 Å². The van der Waals surface area contributed by atoms with E-state index in [-0.39, 0.29) is 29.9 Å². The van der Waals surface area contributed by atoms with E-state index in [4.69, 9.17) is 0 Å². The van der Waals surface area contributed by atoms with Gasteiger partial charge in [-0.05, 0) is 36.6 Å². The number of nitro benzene ring substituents is 1.